The molecule has 2 N–H and O–H groups in total. The minimum absolute atomic E-state index is 0.120. The van der Waals surface area contributed by atoms with Gasteiger partial charge in [0.05, 0.1) is 12.2 Å². The molecule has 0 bridgehead atoms. The molecule has 8 heteroatoms. The Morgan fingerprint density at radius 1 is 1.23 bits per heavy atom. The van der Waals surface area contributed by atoms with Gasteiger partial charge < -0.3 is 15.5 Å². The zero-order valence-corrected chi connectivity index (χ0v) is 14.8. The number of pyridine rings is 1. The number of rotatable bonds is 4. The first-order valence-corrected chi connectivity index (χ1v) is 8.48. The summed E-state index contributed by atoms with van der Waals surface area (Å²) in [7, 11) is 0. The molecule has 3 amide bonds. The van der Waals surface area contributed by atoms with Crippen LogP contribution >= 0.6 is 11.6 Å². The van der Waals surface area contributed by atoms with Gasteiger partial charge in [-0.3, -0.25) is 19.4 Å². The number of carbonyl (C=O) groups is 3. The molecule has 26 heavy (non-hydrogen) atoms. The third kappa shape index (κ3) is 3.52. The Bertz CT molecular complexity index is 857. The van der Waals surface area contributed by atoms with Crippen molar-refractivity contribution in [3.63, 3.8) is 0 Å². The predicted molar refractivity (Wildman–Crippen MR) is 96.4 cm³/mol. The molecule has 2 heterocycles. The number of halogens is 1. The number of hydrogen-bond acceptors (Lipinski definition) is 4. The minimum Gasteiger partial charge on any atom is -0.342 e. The average Bonchev–Trinajstić information content (AvgIpc) is 2.91. The van der Waals surface area contributed by atoms with Crippen LogP contribution in [0.3, 0.4) is 0 Å². The number of likely N-dealkylation sites (N-methyl/N-ethyl adjacent to an activating group) is 1. The van der Waals surface area contributed by atoms with E-state index in [0.717, 1.165) is 0 Å². The minimum atomic E-state index is -0.934. The maximum atomic E-state index is 12.6. The topological polar surface area (TPSA) is 91.4 Å². The first-order valence-electron chi connectivity index (χ1n) is 8.10. The van der Waals surface area contributed by atoms with Crippen LogP contribution in [0.25, 0.3) is 0 Å². The van der Waals surface area contributed by atoms with Crippen LogP contribution < -0.4 is 15.5 Å². The number of nitrogens with zero attached hydrogens (tertiary/aromatic N) is 2. The lowest BCUT2D eigenvalue weighted by Gasteiger charge is -2.15. The summed E-state index contributed by atoms with van der Waals surface area (Å²) in [6.07, 6.45) is 1.60. The normalized spacial score (nSPS) is 15.5. The highest BCUT2D eigenvalue weighted by Gasteiger charge is 2.38. The lowest BCUT2D eigenvalue weighted by molar-refractivity contribution is -0.140. The van der Waals surface area contributed by atoms with Crippen molar-refractivity contribution >= 4 is 35.0 Å². The maximum Gasteiger partial charge on any atom is 0.310 e. The fourth-order valence-corrected chi connectivity index (χ4v) is 3.01. The summed E-state index contributed by atoms with van der Waals surface area (Å²) >= 11 is 6.02. The van der Waals surface area contributed by atoms with E-state index in [9.17, 15) is 14.4 Å². The molecule has 0 spiro atoms. The van der Waals surface area contributed by atoms with Gasteiger partial charge in [-0.1, -0.05) is 17.7 Å². The zero-order chi connectivity index (χ0) is 18.7. The average molecular weight is 373 g/mol. The highest BCUT2D eigenvalue weighted by molar-refractivity contribution is 6.35. The van der Waals surface area contributed by atoms with E-state index in [1.807, 2.05) is 6.92 Å². The summed E-state index contributed by atoms with van der Waals surface area (Å²) < 4.78 is 0. The highest BCUT2D eigenvalue weighted by Crippen LogP contribution is 2.37. The summed E-state index contributed by atoms with van der Waals surface area (Å²) in [5, 5.41) is 5.43. The number of aromatic nitrogens is 1. The van der Waals surface area contributed by atoms with Gasteiger partial charge in [0.1, 0.15) is 6.04 Å². The van der Waals surface area contributed by atoms with Crippen molar-refractivity contribution in [3.8, 4) is 0 Å². The smallest absolute Gasteiger partial charge is 0.310 e. The lowest BCUT2D eigenvalue weighted by atomic mass is 10.1. The molecule has 0 saturated carbocycles. The van der Waals surface area contributed by atoms with Crippen molar-refractivity contribution in [1.82, 2.24) is 15.6 Å². The van der Waals surface area contributed by atoms with Crippen LogP contribution in [0.1, 0.15) is 24.2 Å². The summed E-state index contributed by atoms with van der Waals surface area (Å²) in [5.41, 5.74) is 1.89. The van der Waals surface area contributed by atoms with E-state index in [1.54, 1.807) is 47.5 Å². The second-order valence-corrected chi connectivity index (χ2v) is 6.13. The molecule has 1 aliphatic rings. The number of nitrogens with one attached hydrogen (secondary N) is 2. The van der Waals surface area contributed by atoms with Gasteiger partial charge >= 0.3 is 11.8 Å². The van der Waals surface area contributed by atoms with E-state index in [1.165, 1.54) is 0 Å². The van der Waals surface area contributed by atoms with Gasteiger partial charge in [-0.2, -0.15) is 0 Å². The van der Waals surface area contributed by atoms with E-state index < -0.39 is 17.9 Å². The highest BCUT2D eigenvalue weighted by atomic mass is 35.5. The maximum absolute atomic E-state index is 12.6. The van der Waals surface area contributed by atoms with Gasteiger partial charge in [0, 0.05) is 29.0 Å². The van der Waals surface area contributed by atoms with Crippen molar-refractivity contribution in [2.75, 3.05) is 11.4 Å². The molecular formula is C18H17ClN4O3. The van der Waals surface area contributed by atoms with E-state index in [-0.39, 0.29) is 12.5 Å². The van der Waals surface area contributed by atoms with E-state index in [0.29, 0.717) is 28.5 Å². The van der Waals surface area contributed by atoms with Crippen molar-refractivity contribution in [2.45, 2.75) is 19.5 Å². The molecule has 0 aliphatic carbocycles. The molecule has 0 saturated heterocycles. The predicted octanol–water partition coefficient (Wildman–Crippen LogP) is 1.58. The van der Waals surface area contributed by atoms with E-state index in [4.69, 9.17) is 11.6 Å². The van der Waals surface area contributed by atoms with Crippen molar-refractivity contribution in [1.29, 1.82) is 0 Å². The Morgan fingerprint density at radius 2 is 2.04 bits per heavy atom. The van der Waals surface area contributed by atoms with Crippen molar-refractivity contribution in [2.24, 2.45) is 0 Å². The van der Waals surface area contributed by atoms with Crippen molar-refractivity contribution < 1.29 is 14.4 Å². The van der Waals surface area contributed by atoms with Gasteiger partial charge in [-0.25, -0.2) is 0 Å². The third-order valence-corrected chi connectivity index (χ3v) is 4.29. The number of fused-ring (bicyclic) bond motifs is 1. The Kier molecular flexibility index (Phi) is 5.18. The zero-order valence-electron chi connectivity index (χ0n) is 14.0. The molecule has 3 rings (SSSR count). The Hall–Kier alpha value is -2.93. The van der Waals surface area contributed by atoms with Crippen LogP contribution in [-0.2, 0) is 20.9 Å². The molecule has 0 radical (unpaired) electrons. The van der Waals surface area contributed by atoms with E-state index in [2.05, 4.69) is 15.6 Å². The molecule has 1 unspecified atom stereocenters. The Labute approximate surface area is 155 Å². The molecule has 0 fully saturated rings. The monoisotopic (exact) mass is 372 g/mol. The van der Waals surface area contributed by atoms with Gasteiger partial charge in [0.2, 0.25) is 0 Å². The Morgan fingerprint density at radius 3 is 2.73 bits per heavy atom. The van der Waals surface area contributed by atoms with Gasteiger partial charge in [-0.15, -0.1) is 0 Å². The van der Waals surface area contributed by atoms with Crippen LogP contribution in [0.5, 0.6) is 0 Å². The molecule has 1 aromatic heterocycles. The first-order chi connectivity index (χ1) is 12.5. The summed E-state index contributed by atoms with van der Waals surface area (Å²) in [5.74, 6) is -2.01. The summed E-state index contributed by atoms with van der Waals surface area (Å²) in [6, 6.07) is 9.37. The second kappa shape index (κ2) is 7.53. The number of anilines is 1. The SMILES string of the molecule is CCN1C(=O)C(NC(=O)C(=O)NCc2ccccn2)c2cc(Cl)ccc21. The summed E-state index contributed by atoms with van der Waals surface area (Å²) in [6.45, 7) is 2.40. The molecule has 1 atom stereocenters. The van der Waals surface area contributed by atoms with Crippen LogP contribution in [0, 0.1) is 0 Å². The van der Waals surface area contributed by atoms with Crippen LogP contribution in [0.4, 0.5) is 5.69 Å². The van der Waals surface area contributed by atoms with Crippen LogP contribution in [0.15, 0.2) is 42.6 Å². The number of carbonyl (C=O) groups excluding carboxylic acids is 3. The van der Waals surface area contributed by atoms with E-state index >= 15 is 0 Å². The molecule has 2 aromatic rings. The molecule has 1 aliphatic heterocycles. The summed E-state index contributed by atoms with van der Waals surface area (Å²) in [4.78, 5) is 42.4. The Balaban J connectivity index is 1.70. The lowest BCUT2D eigenvalue weighted by Crippen LogP contribution is -2.44. The van der Waals surface area contributed by atoms with Gasteiger partial charge in [0.15, 0.2) is 0 Å². The fourth-order valence-electron chi connectivity index (χ4n) is 2.83. The number of hydrogen-bond donors (Lipinski definition) is 2. The standard InChI is InChI=1S/C18H17ClN4O3/c1-2-23-14-7-6-11(19)9-13(14)15(18(23)26)22-17(25)16(24)21-10-12-5-3-4-8-20-12/h3-9,15H,2,10H2,1H3,(H,21,24)(H,22,25). The molecule has 1 aromatic carbocycles. The first kappa shape index (κ1) is 17.9. The molecular weight excluding hydrogens is 356 g/mol. The number of benzene rings is 1. The van der Waals surface area contributed by atoms with Crippen LogP contribution in [0.2, 0.25) is 5.02 Å². The number of amides is 3. The van der Waals surface area contributed by atoms with Crippen molar-refractivity contribution in [3.05, 3.63) is 58.9 Å². The van der Waals surface area contributed by atoms with Crippen LogP contribution in [-0.4, -0.2) is 29.3 Å². The van der Waals surface area contributed by atoms with Gasteiger partial charge in [0.25, 0.3) is 5.91 Å². The molecule has 7 nitrogen and oxygen atoms in total. The third-order valence-electron chi connectivity index (χ3n) is 4.06. The second-order valence-electron chi connectivity index (χ2n) is 5.70. The fraction of sp³-hybridized carbons (Fsp3) is 0.222. The van der Waals surface area contributed by atoms with Gasteiger partial charge in [-0.05, 0) is 37.3 Å². The quantitative estimate of drug-likeness (QED) is 0.797. The largest absolute Gasteiger partial charge is 0.342 e. The molecule has 134 valence electrons.